The van der Waals surface area contributed by atoms with Gasteiger partial charge in [-0.15, -0.1) is 0 Å². The Morgan fingerprint density at radius 1 is 1.54 bits per heavy atom. The molecule has 0 saturated heterocycles. The predicted octanol–water partition coefficient (Wildman–Crippen LogP) is 0.961. The van der Waals surface area contributed by atoms with Crippen molar-refractivity contribution in [3.05, 3.63) is 36.3 Å². The summed E-state index contributed by atoms with van der Waals surface area (Å²) in [6.07, 6.45) is 5.35. The minimum atomic E-state index is -0.823. The van der Waals surface area contributed by atoms with E-state index in [1.807, 2.05) is 10.6 Å². The van der Waals surface area contributed by atoms with Crippen LogP contribution >= 0.6 is 0 Å². The maximum Gasteiger partial charge on any atom is 0.307 e. The van der Waals surface area contributed by atoms with Crippen LogP contribution in [-0.4, -0.2) is 20.5 Å². The Morgan fingerprint density at radius 3 is 3.15 bits per heavy atom. The molecule has 0 aliphatic rings. The normalized spacial score (nSPS) is 10.5. The number of carboxylic acids is 1. The van der Waals surface area contributed by atoms with Crippen molar-refractivity contribution in [2.45, 2.75) is 6.42 Å². The van der Waals surface area contributed by atoms with E-state index in [2.05, 4.69) is 4.98 Å². The first-order chi connectivity index (χ1) is 6.25. The first kappa shape index (κ1) is 7.79. The number of pyridine rings is 1. The number of carboxylic acid groups (broad SMARTS) is 1. The smallest absolute Gasteiger partial charge is 0.307 e. The molecule has 0 aliphatic carbocycles. The number of nitrogens with zero attached hydrogens (tertiary/aromatic N) is 2. The molecule has 66 valence electrons. The Labute approximate surface area is 74.5 Å². The van der Waals surface area contributed by atoms with Gasteiger partial charge in [-0.25, -0.2) is 4.98 Å². The summed E-state index contributed by atoms with van der Waals surface area (Å²) in [5, 5.41) is 8.56. The molecule has 0 amide bonds. The molecule has 0 spiro atoms. The molecule has 0 fully saturated rings. The number of aromatic nitrogens is 2. The molecule has 0 atom stereocenters. The van der Waals surface area contributed by atoms with Crippen molar-refractivity contribution in [2.75, 3.05) is 0 Å². The van der Waals surface area contributed by atoms with Crippen molar-refractivity contribution < 1.29 is 9.90 Å². The molecule has 0 bridgehead atoms. The van der Waals surface area contributed by atoms with Gasteiger partial charge in [-0.3, -0.25) is 4.79 Å². The third kappa shape index (κ3) is 1.51. The van der Waals surface area contributed by atoms with Crippen LogP contribution in [0.3, 0.4) is 0 Å². The van der Waals surface area contributed by atoms with E-state index in [1.54, 1.807) is 24.5 Å². The van der Waals surface area contributed by atoms with Gasteiger partial charge in [-0.05, 0) is 17.7 Å². The van der Waals surface area contributed by atoms with Gasteiger partial charge in [0.1, 0.15) is 5.65 Å². The Hall–Kier alpha value is -1.84. The number of hydrogen-bond acceptors (Lipinski definition) is 2. The molecular weight excluding hydrogens is 168 g/mol. The van der Waals surface area contributed by atoms with Gasteiger partial charge in [0.15, 0.2) is 0 Å². The zero-order valence-corrected chi connectivity index (χ0v) is 6.84. The molecule has 1 N–H and O–H groups in total. The monoisotopic (exact) mass is 176 g/mol. The fraction of sp³-hybridized carbons (Fsp3) is 0.111. The average molecular weight is 176 g/mol. The number of fused-ring (bicyclic) bond motifs is 1. The van der Waals surface area contributed by atoms with Gasteiger partial charge in [0.05, 0.1) is 6.42 Å². The molecule has 0 unspecified atom stereocenters. The first-order valence-electron chi connectivity index (χ1n) is 3.89. The summed E-state index contributed by atoms with van der Waals surface area (Å²) in [6.45, 7) is 0. The lowest BCUT2D eigenvalue weighted by atomic mass is 10.2. The van der Waals surface area contributed by atoms with Crippen molar-refractivity contribution in [3.63, 3.8) is 0 Å². The number of aliphatic carboxylic acids is 1. The largest absolute Gasteiger partial charge is 0.481 e. The minimum Gasteiger partial charge on any atom is -0.481 e. The maximum atomic E-state index is 10.4. The van der Waals surface area contributed by atoms with Crippen LogP contribution in [0.1, 0.15) is 5.56 Å². The molecule has 13 heavy (non-hydrogen) atoms. The summed E-state index contributed by atoms with van der Waals surface area (Å²) in [6, 6.07) is 3.55. The van der Waals surface area contributed by atoms with Gasteiger partial charge in [0.2, 0.25) is 0 Å². The Bertz CT molecular complexity index is 448. The number of carbonyl (C=O) groups is 1. The van der Waals surface area contributed by atoms with E-state index in [4.69, 9.17) is 5.11 Å². The molecule has 0 radical (unpaired) electrons. The summed E-state index contributed by atoms with van der Waals surface area (Å²) in [5.41, 5.74) is 1.55. The Balaban J connectivity index is 2.42. The van der Waals surface area contributed by atoms with Gasteiger partial charge >= 0.3 is 5.97 Å². The second kappa shape index (κ2) is 2.90. The van der Waals surface area contributed by atoms with Crippen molar-refractivity contribution in [3.8, 4) is 0 Å². The van der Waals surface area contributed by atoms with Crippen LogP contribution in [-0.2, 0) is 11.2 Å². The Morgan fingerprint density at radius 2 is 2.38 bits per heavy atom. The molecule has 0 aliphatic heterocycles. The second-order valence-corrected chi connectivity index (χ2v) is 2.80. The van der Waals surface area contributed by atoms with E-state index in [9.17, 15) is 4.79 Å². The van der Waals surface area contributed by atoms with Crippen LogP contribution < -0.4 is 0 Å². The highest BCUT2D eigenvalue weighted by Crippen LogP contribution is 2.05. The van der Waals surface area contributed by atoms with E-state index in [-0.39, 0.29) is 6.42 Å². The van der Waals surface area contributed by atoms with Crippen LogP contribution in [0.2, 0.25) is 0 Å². The van der Waals surface area contributed by atoms with Crippen LogP contribution in [0.25, 0.3) is 5.65 Å². The fourth-order valence-electron chi connectivity index (χ4n) is 1.24. The lowest BCUT2D eigenvalue weighted by Crippen LogP contribution is -2.00. The molecule has 2 aromatic rings. The van der Waals surface area contributed by atoms with Crippen molar-refractivity contribution in [1.82, 2.24) is 9.38 Å². The highest BCUT2D eigenvalue weighted by Gasteiger charge is 2.01. The van der Waals surface area contributed by atoms with Crippen LogP contribution in [0.15, 0.2) is 30.7 Å². The summed E-state index contributed by atoms with van der Waals surface area (Å²) >= 11 is 0. The molecular formula is C9H8N2O2. The molecule has 2 rings (SSSR count). The fourth-order valence-corrected chi connectivity index (χ4v) is 1.24. The molecule has 2 aromatic heterocycles. The van der Waals surface area contributed by atoms with E-state index >= 15 is 0 Å². The summed E-state index contributed by atoms with van der Waals surface area (Å²) in [4.78, 5) is 14.5. The van der Waals surface area contributed by atoms with E-state index < -0.39 is 5.97 Å². The minimum absolute atomic E-state index is 0.0450. The van der Waals surface area contributed by atoms with Crippen LogP contribution in [0, 0.1) is 0 Å². The Kier molecular flexibility index (Phi) is 1.73. The second-order valence-electron chi connectivity index (χ2n) is 2.80. The van der Waals surface area contributed by atoms with Gasteiger partial charge in [-0.2, -0.15) is 0 Å². The maximum absolute atomic E-state index is 10.4. The van der Waals surface area contributed by atoms with E-state index in [0.717, 1.165) is 11.2 Å². The highest BCUT2D eigenvalue weighted by molar-refractivity contribution is 5.70. The number of imidazole rings is 1. The van der Waals surface area contributed by atoms with Crippen molar-refractivity contribution in [2.24, 2.45) is 0 Å². The van der Waals surface area contributed by atoms with Crippen LogP contribution in [0.5, 0.6) is 0 Å². The zero-order chi connectivity index (χ0) is 9.26. The average Bonchev–Trinajstić information content (AvgIpc) is 2.49. The lowest BCUT2D eigenvalue weighted by Gasteiger charge is -1.97. The lowest BCUT2D eigenvalue weighted by molar-refractivity contribution is -0.136. The standard InChI is InChI=1S/C9H8N2O2/c12-9(13)6-7-1-3-11-4-2-10-8(11)5-7/h1-5H,6H2,(H,12,13). The molecule has 0 saturated carbocycles. The van der Waals surface area contributed by atoms with Crippen molar-refractivity contribution >= 4 is 11.6 Å². The summed E-state index contributed by atoms with van der Waals surface area (Å²) < 4.78 is 1.84. The summed E-state index contributed by atoms with van der Waals surface area (Å²) in [7, 11) is 0. The quantitative estimate of drug-likeness (QED) is 0.741. The van der Waals surface area contributed by atoms with Gasteiger partial charge in [0.25, 0.3) is 0 Å². The van der Waals surface area contributed by atoms with E-state index in [1.165, 1.54) is 0 Å². The van der Waals surface area contributed by atoms with Gasteiger partial charge in [-0.1, -0.05) is 0 Å². The number of hydrogen-bond donors (Lipinski definition) is 1. The van der Waals surface area contributed by atoms with Crippen LogP contribution in [0.4, 0.5) is 0 Å². The molecule has 4 heteroatoms. The predicted molar refractivity (Wildman–Crippen MR) is 46.5 cm³/mol. The zero-order valence-electron chi connectivity index (χ0n) is 6.84. The third-order valence-corrected chi connectivity index (χ3v) is 1.82. The highest BCUT2D eigenvalue weighted by atomic mass is 16.4. The topological polar surface area (TPSA) is 54.6 Å². The van der Waals surface area contributed by atoms with Gasteiger partial charge in [0, 0.05) is 18.6 Å². The SMILES string of the molecule is O=C(O)Cc1ccn2ccnc2c1. The molecule has 2 heterocycles. The molecule has 0 aromatic carbocycles. The third-order valence-electron chi connectivity index (χ3n) is 1.82. The number of rotatable bonds is 2. The van der Waals surface area contributed by atoms with E-state index in [0.29, 0.717) is 0 Å². The van der Waals surface area contributed by atoms with Crippen molar-refractivity contribution in [1.29, 1.82) is 0 Å². The summed E-state index contributed by atoms with van der Waals surface area (Å²) in [5.74, 6) is -0.823. The van der Waals surface area contributed by atoms with Gasteiger partial charge < -0.3 is 9.51 Å². The molecule has 4 nitrogen and oxygen atoms in total. The first-order valence-corrected chi connectivity index (χ1v) is 3.89.